The summed E-state index contributed by atoms with van der Waals surface area (Å²) < 4.78 is 13.3. The second-order valence-electron chi connectivity index (χ2n) is 6.30. The minimum Gasteiger partial charge on any atom is -0.492 e. The molecule has 25 heavy (non-hydrogen) atoms. The minimum atomic E-state index is -1.06. The topological polar surface area (TPSA) is 76.8 Å². The molecule has 2 aromatic rings. The molecule has 0 radical (unpaired) electrons. The summed E-state index contributed by atoms with van der Waals surface area (Å²) in [6.45, 7) is 2.02. The summed E-state index contributed by atoms with van der Waals surface area (Å²) >= 11 is 0. The fourth-order valence-corrected chi connectivity index (χ4v) is 3.13. The molecule has 7 nitrogen and oxygen atoms in total. The van der Waals surface area contributed by atoms with Crippen molar-refractivity contribution in [2.45, 2.75) is 18.9 Å². The van der Waals surface area contributed by atoms with Crippen LogP contribution in [0.4, 0.5) is 0 Å². The first-order valence-electron chi connectivity index (χ1n) is 8.29. The van der Waals surface area contributed by atoms with E-state index in [9.17, 15) is 4.79 Å². The maximum absolute atomic E-state index is 11.2. The van der Waals surface area contributed by atoms with Gasteiger partial charge in [-0.1, -0.05) is 6.07 Å². The van der Waals surface area contributed by atoms with Gasteiger partial charge in [-0.15, -0.1) is 0 Å². The van der Waals surface area contributed by atoms with Crippen LogP contribution in [0.5, 0.6) is 11.5 Å². The first kappa shape index (κ1) is 17.3. The van der Waals surface area contributed by atoms with Gasteiger partial charge in [-0.3, -0.25) is 4.68 Å². The van der Waals surface area contributed by atoms with Gasteiger partial charge in [-0.05, 0) is 38.1 Å². The second-order valence-corrected chi connectivity index (χ2v) is 6.30. The van der Waals surface area contributed by atoms with Gasteiger partial charge < -0.3 is 19.5 Å². The molecular weight excluding hydrogens is 322 g/mol. The summed E-state index contributed by atoms with van der Waals surface area (Å²) in [6, 6.07) is 7.19. The molecule has 2 heterocycles. The highest BCUT2D eigenvalue weighted by molar-refractivity contribution is 5.87. The molecule has 0 aliphatic carbocycles. The molecule has 1 N–H and O–H groups in total. The van der Waals surface area contributed by atoms with Crippen molar-refractivity contribution >= 4 is 5.97 Å². The fraction of sp³-hybridized carbons (Fsp3) is 0.444. The maximum Gasteiger partial charge on any atom is 0.356 e. The SMILES string of the molecule is COc1c(OC2CCN(C)CC2)cccc1-c1cc(C(=O)O)nn1C. The minimum absolute atomic E-state index is 0.00110. The van der Waals surface area contributed by atoms with Crippen molar-refractivity contribution in [3.05, 3.63) is 30.0 Å². The molecule has 0 saturated carbocycles. The van der Waals surface area contributed by atoms with Gasteiger partial charge in [0.25, 0.3) is 0 Å². The number of aryl methyl sites for hydroxylation is 1. The number of para-hydroxylation sites is 1. The van der Waals surface area contributed by atoms with Crippen molar-refractivity contribution in [3.8, 4) is 22.8 Å². The maximum atomic E-state index is 11.2. The predicted molar refractivity (Wildman–Crippen MR) is 93.3 cm³/mol. The lowest BCUT2D eigenvalue weighted by Gasteiger charge is -2.30. The van der Waals surface area contributed by atoms with Crippen LogP contribution in [-0.4, -0.2) is 59.1 Å². The monoisotopic (exact) mass is 345 g/mol. The second kappa shape index (κ2) is 7.14. The third kappa shape index (κ3) is 3.61. The number of aromatic carboxylic acids is 1. The van der Waals surface area contributed by atoms with Crippen LogP contribution in [0.1, 0.15) is 23.3 Å². The molecule has 1 fully saturated rings. The van der Waals surface area contributed by atoms with E-state index in [1.54, 1.807) is 24.9 Å². The van der Waals surface area contributed by atoms with Gasteiger partial charge >= 0.3 is 5.97 Å². The fourth-order valence-electron chi connectivity index (χ4n) is 3.13. The Labute approximate surface area is 146 Å². The summed E-state index contributed by atoms with van der Waals surface area (Å²) in [5.74, 6) is 0.216. The zero-order valence-corrected chi connectivity index (χ0v) is 14.7. The quantitative estimate of drug-likeness (QED) is 0.896. The number of piperidine rings is 1. The molecule has 1 saturated heterocycles. The number of carbonyl (C=O) groups is 1. The van der Waals surface area contributed by atoms with Crippen LogP contribution in [0.3, 0.4) is 0 Å². The van der Waals surface area contributed by atoms with Gasteiger partial charge in [0.05, 0.1) is 12.8 Å². The Bertz CT molecular complexity index is 764. The molecule has 1 aromatic heterocycles. The number of ether oxygens (including phenoxy) is 2. The third-order valence-corrected chi connectivity index (χ3v) is 4.52. The molecule has 1 aliphatic rings. The molecule has 0 spiro atoms. The van der Waals surface area contributed by atoms with Crippen molar-refractivity contribution in [1.29, 1.82) is 0 Å². The number of benzene rings is 1. The van der Waals surface area contributed by atoms with Crippen LogP contribution < -0.4 is 9.47 Å². The van der Waals surface area contributed by atoms with Gasteiger partial charge in [0.1, 0.15) is 6.10 Å². The van der Waals surface area contributed by atoms with Crippen LogP contribution in [0.15, 0.2) is 24.3 Å². The van der Waals surface area contributed by atoms with E-state index in [0.29, 0.717) is 17.2 Å². The number of likely N-dealkylation sites (tertiary alicyclic amines) is 1. The van der Waals surface area contributed by atoms with E-state index in [0.717, 1.165) is 31.5 Å². The molecule has 0 amide bonds. The Hall–Kier alpha value is -2.54. The molecule has 1 aliphatic heterocycles. The zero-order valence-electron chi connectivity index (χ0n) is 14.7. The van der Waals surface area contributed by atoms with Crippen LogP contribution in [-0.2, 0) is 7.05 Å². The molecular formula is C18H23N3O4. The Morgan fingerprint density at radius 3 is 2.60 bits per heavy atom. The average molecular weight is 345 g/mol. The number of hydrogen-bond acceptors (Lipinski definition) is 5. The number of methoxy groups -OCH3 is 1. The van der Waals surface area contributed by atoms with E-state index in [1.165, 1.54) is 0 Å². The van der Waals surface area contributed by atoms with E-state index >= 15 is 0 Å². The van der Waals surface area contributed by atoms with Crippen LogP contribution in [0, 0.1) is 0 Å². The summed E-state index contributed by atoms with van der Waals surface area (Å²) in [6.07, 6.45) is 2.10. The summed E-state index contributed by atoms with van der Waals surface area (Å²) in [5, 5.41) is 13.2. The van der Waals surface area contributed by atoms with Crippen LogP contribution in [0.25, 0.3) is 11.3 Å². The van der Waals surface area contributed by atoms with Crippen molar-refractivity contribution < 1.29 is 19.4 Å². The molecule has 0 unspecified atom stereocenters. The van der Waals surface area contributed by atoms with E-state index in [-0.39, 0.29) is 11.8 Å². The molecule has 7 heteroatoms. The lowest BCUT2D eigenvalue weighted by Crippen LogP contribution is -2.35. The Balaban J connectivity index is 1.92. The Kier molecular flexibility index (Phi) is 4.94. The zero-order chi connectivity index (χ0) is 18.0. The summed E-state index contributed by atoms with van der Waals surface area (Å²) in [5.41, 5.74) is 1.43. The third-order valence-electron chi connectivity index (χ3n) is 4.52. The molecule has 0 bridgehead atoms. The van der Waals surface area contributed by atoms with Crippen LogP contribution in [0.2, 0.25) is 0 Å². The normalized spacial score (nSPS) is 16.0. The average Bonchev–Trinajstić information content (AvgIpc) is 2.99. The molecule has 3 rings (SSSR count). The van der Waals surface area contributed by atoms with Gasteiger partial charge in [0, 0.05) is 25.7 Å². The van der Waals surface area contributed by atoms with E-state index in [2.05, 4.69) is 17.0 Å². The number of carboxylic acid groups (broad SMARTS) is 1. The molecule has 1 aromatic carbocycles. The van der Waals surface area contributed by atoms with Gasteiger partial charge in [0.15, 0.2) is 17.2 Å². The lowest BCUT2D eigenvalue weighted by molar-refractivity contribution is 0.0689. The molecule has 0 atom stereocenters. The summed E-state index contributed by atoms with van der Waals surface area (Å²) in [7, 11) is 5.42. The van der Waals surface area contributed by atoms with Crippen LogP contribution >= 0.6 is 0 Å². The predicted octanol–water partition coefficient (Wildman–Crippen LogP) is 2.27. The lowest BCUT2D eigenvalue weighted by atomic mass is 10.1. The van der Waals surface area contributed by atoms with E-state index < -0.39 is 5.97 Å². The van der Waals surface area contributed by atoms with Gasteiger partial charge in [-0.2, -0.15) is 5.10 Å². The van der Waals surface area contributed by atoms with Crippen molar-refractivity contribution in [2.24, 2.45) is 7.05 Å². The highest BCUT2D eigenvalue weighted by Crippen LogP contribution is 2.39. The highest BCUT2D eigenvalue weighted by Gasteiger charge is 2.22. The largest absolute Gasteiger partial charge is 0.492 e. The summed E-state index contributed by atoms with van der Waals surface area (Å²) in [4.78, 5) is 13.5. The number of carboxylic acids is 1. The Morgan fingerprint density at radius 2 is 2.00 bits per heavy atom. The number of nitrogens with zero attached hydrogens (tertiary/aromatic N) is 3. The number of rotatable bonds is 5. The van der Waals surface area contributed by atoms with Gasteiger partial charge in [-0.25, -0.2) is 4.79 Å². The highest BCUT2D eigenvalue weighted by atomic mass is 16.5. The Morgan fingerprint density at radius 1 is 1.28 bits per heavy atom. The smallest absolute Gasteiger partial charge is 0.356 e. The number of aromatic nitrogens is 2. The standard InChI is InChI=1S/C18H23N3O4/c1-20-9-7-12(8-10-20)25-16-6-4-5-13(17(16)24-3)15-11-14(18(22)23)19-21(15)2/h4-6,11-12H,7-10H2,1-3H3,(H,22,23). The van der Waals surface area contributed by atoms with Crippen molar-refractivity contribution in [3.63, 3.8) is 0 Å². The first-order valence-corrected chi connectivity index (χ1v) is 8.29. The number of hydrogen-bond donors (Lipinski definition) is 1. The van der Waals surface area contributed by atoms with Gasteiger partial charge in [0.2, 0.25) is 0 Å². The molecule has 134 valence electrons. The van der Waals surface area contributed by atoms with E-state index in [1.807, 2.05) is 18.2 Å². The first-order chi connectivity index (χ1) is 12.0. The van der Waals surface area contributed by atoms with Crippen molar-refractivity contribution in [1.82, 2.24) is 14.7 Å². The van der Waals surface area contributed by atoms with E-state index in [4.69, 9.17) is 14.6 Å². The van der Waals surface area contributed by atoms with Crippen molar-refractivity contribution in [2.75, 3.05) is 27.2 Å².